The summed E-state index contributed by atoms with van der Waals surface area (Å²) in [6.45, 7) is 4.10. The molecule has 1 aliphatic rings. The number of ether oxygens (including phenoxy) is 1. The molecular formula is C24H30O2. The van der Waals surface area contributed by atoms with Crippen molar-refractivity contribution in [2.45, 2.75) is 64.7 Å². The maximum absolute atomic E-state index is 11.4. The quantitative estimate of drug-likeness (QED) is 0.426. The third kappa shape index (κ3) is 4.75. The minimum Gasteiger partial charge on any atom is -0.427 e. The Bertz CT molecular complexity index is 692. The molecule has 0 spiro atoms. The fourth-order valence-electron chi connectivity index (χ4n) is 4.06. The van der Waals surface area contributed by atoms with E-state index in [1.807, 2.05) is 24.3 Å². The third-order valence-electron chi connectivity index (χ3n) is 5.63. The van der Waals surface area contributed by atoms with Crippen molar-refractivity contribution in [2.75, 3.05) is 0 Å². The second-order valence-electron chi connectivity index (χ2n) is 7.48. The SMILES string of the molecule is CCCC1CCC(c2ccc(-c3ccc(OC(=O)CC)cc3)cc2)CC1. The molecule has 0 saturated heterocycles. The fourth-order valence-corrected chi connectivity index (χ4v) is 4.06. The van der Waals surface area contributed by atoms with Gasteiger partial charge in [0.15, 0.2) is 0 Å². The molecule has 3 rings (SSSR count). The number of benzene rings is 2. The molecule has 0 unspecified atom stereocenters. The fraction of sp³-hybridized carbons (Fsp3) is 0.458. The summed E-state index contributed by atoms with van der Waals surface area (Å²) in [6, 6.07) is 16.8. The van der Waals surface area contributed by atoms with Crippen LogP contribution >= 0.6 is 0 Å². The van der Waals surface area contributed by atoms with Crippen LogP contribution < -0.4 is 4.74 Å². The molecule has 0 amide bonds. The number of esters is 1. The van der Waals surface area contributed by atoms with Crippen LogP contribution in [0.5, 0.6) is 5.75 Å². The van der Waals surface area contributed by atoms with Crippen LogP contribution in [0.1, 0.15) is 70.3 Å². The Morgan fingerprint density at radius 1 is 0.885 bits per heavy atom. The van der Waals surface area contributed by atoms with E-state index in [1.165, 1.54) is 49.7 Å². The van der Waals surface area contributed by atoms with Crippen LogP contribution in [0.25, 0.3) is 11.1 Å². The topological polar surface area (TPSA) is 26.3 Å². The Morgan fingerprint density at radius 3 is 2.00 bits per heavy atom. The molecule has 2 heteroatoms. The molecular weight excluding hydrogens is 320 g/mol. The largest absolute Gasteiger partial charge is 0.427 e. The zero-order valence-electron chi connectivity index (χ0n) is 16.0. The van der Waals surface area contributed by atoms with E-state index >= 15 is 0 Å². The predicted molar refractivity (Wildman–Crippen MR) is 107 cm³/mol. The normalized spacial score (nSPS) is 19.9. The summed E-state index contributed by atoms with van der Waals surface area (Å²) in [7, 11) is 0. The van der Waals surface area contributed by atoms with Gasteiger partial charge in [-0.25, -0.2) is 0 Å². The summed E-state index contributed by atoms with van der Waals surface area (Å²) in [5.74, 6) is 2.10. The highest BCUT2D eigenvalue weighted by Gasteiger charge is 2.21. The summed E-state index contributed by atoms with van der Waals surface area (Å²) in [4.78, 5) is 11.4. The summed E-state index contributed by atoms with van der Waals surface area (Å²) in [5, 5.41) is 0. The van der Waals surface area contributed by atoms with E-state index in [2.05, 4.69) is 31.2 Å². The van der Waals surface area contributed by atoms with Crippen molar-refractivity contribution < 1.29 is 9.53 Å². The van der Waals surface area contributed by atoms with Crippen molar-refractivity contribution in [2.24, 2.45) is 5.92 Å². The van der Waals surface area contributed by atoms with Crippen LogP contribution in [0.15, 0.2) is 48.5 Å². The van der Waals surface area contributed by atoms with E-state index < -0.39 is 0 Å². The second kappa shape index (κ2) is 9.02. The van der Waals surface area contributed by atoms with Gasteiger partial charge in [0.25, 0.3) is 0 Å². The Morgan fingerprint density at radius 2 is 1.46 bits per heavy atom. The van der Waals surface area contributed by atoms with Crippen LogP contribution in [0.3, 0.4) is 0 Å². The first-order valence-corrected chi connectivity index (χ1v) is 10.1. The lowest BCUT2D eigenvalue weighted by molar-refractivity contribution is -0.134. The Labute approximate surface area is 157 Å². The third-order valence-corrected chi connectivity index (χ3v) is 5.63. The van der Waals surface area contributed by atoms with E-state index in [0.29, 0.717) is 12.2 Å². The molecule has 1 aliphatic carbocycles. The number of hydrogen-bond acceptors (Lipinski definition) is 2. The molecule has 138 valence electrons. The van der Waals surface area contributed by atoms with Crippen LogP contribution in [-0.2, 0) is 4.79 Å². The van der Waals surface area contributed by atoms with E-state index in [-0.39, 0.29) is 5.97 Å². The van der Waals surface area contributed by atoms with Gasteiger partial charge in [0.2, 0.25) is 0 Å². The zero-order valence-corrected chi connectivity index (χ0v) is 16.0. The van der Waals surface area contributed by atoms with Crippen LogP contribution in [0.4, 0.5) is 0 Å². The first kappa shape index (κ1) is 18.7. The van der Waals surface area contributed by atoms with Gasteiger partial charge in [0, 0.05) is 6.42 Å². The average Bonchev–Trinajstić information content (AvgIpc) is 2.69. The number of carbonyl (C=O) groups excluding carboxylic acids is 1. The van der Waals surface area contributed by atoms with Gasteiger partial charge in [-0.3, -0.25) is 4.79 Å². The molecule has 0 radical (unpaired) electrons. The molecule has 2 aromatic carbocycles. The van der Waals surface area contributed by atoms with Crippen molar-refractivity contribution >= 4 is 5.97 Å². The van der Waals surface area contributed by atoms with Crippen molar-refractivity contribution in [3.05, 3.63) is 54.1 Å². The van der Waals surface area contributed by atoms with E-state index in [4.69, 9.17) is 4.74 Å². The smallest absolute Gasteiger partial charge is 0.310 e. The lowest BCUT2D eigenvalue weighted by Gasteiger charge is -2.28. The van der Waals surface area contributed by atoms with E-state index in [1.54, 1.807) is 6.92 Å². The zero-order chi connectivity index (χ0) is 18.4. The minimum absolute atomic E-state index is 0.198. The summed E-state index contributed by atoms with van der Waals surface area (Å²) < 4.78 is 5.24. The maximum Gasteiger partial charge on any atom is 0.310 e. The number of rotatable bonds is 6. The van der Waals surface area contributed by atoms with Gasteiger partial charge in [0.05, 0.1) is 0 Å². The van der Waals surface area contributed by atoms with Crippen molar-refractivity contribution in [3.63, 3.8) is 0 Å². The maximum atomic E-state index is 11.4. The van der Waals surface area contributed by atoms with Crippen LogP contribution in [0, 0.1) is 5.92 Å². The summed E-state index contributed by atoms with van der Waals surface area (Å²) in [6.07, 6.45) is 8.55. The lowest BCUT2D eigenvalue weighted by Crippen LogP contribution is -2.13. The molecule has 0 heterocycles. The predicted octanol–water partition coefficient (Wildman–Crippen LogP) is 6.74. The van der Waals surface area contributed by atoms with Crippen LogP contribution in [-0.4, -0.2) is 5.97 Å². The molecule has 26 heavy (non-hydrogen) atoms. The highest BCUT2D eigenvalue weighted by molar-refractivity contribution is 5.72. The Kier molecular flexibility index (Phi) is 6.49. The highest BCUT2D eigenvalue weighted by Crippen LogP contribution is 2.38. The molecule has 0 aliphatic heterocycles. The molecule has 2 aromatic rings. The van der Waals surface area contributed by atoms with Gasteiger partial charge in [-0.1, -0.05) is 63.1 Å². The van der Waals surface area contributed by atoms with E-state index in [9.17, 15) is 4.79 Å². The first-order chi connectivity index (χ1) is 12.7. The first-order valence-electron chi connectivity index (χ1n) is 10.1. The van der Waals surface area contributed by atoms with E-state index in [0.717, 1.165) is 17.4 Å². The molecule has 1 fully saturated rings. The van der Waals surface area contributed by atoms with Gasteiger partial charge < -0.3 is 4.74 Å². The molecule has 0 atom stereocenters. The van der Waals surface area contributed by atoms with Gasteiger partial charge in [-0.2, -0.15) is 0 Å². The van der Waals surface area contributed by atoms with Crippen molar-refractivity contribution in [1.82, 2.24) is 0 Å². The molecule has 0 aromatic heterocycles. The molecule has 0 N–H and O–H groups in total. The summed E-state index contributed by atoms with van der Waals surface area (Å²) >= 11 is 0. The Balaban J connectivity index is 1.62. The molecule has 2 nitrogen and oxygen atoms in total. The van der Waals surface area contributed by atoms with Crippen LogP contribution in [0.2, 0.25) is 0 Å². The summed E-state index contributed by atoms with van der Waals surface area (Å²) in [5.41, 5.74) is 3.85. The van der Waals surface area contributed by atoms with Gasteiger partial charge in [0.1, 0.15) is 5.75 Å². The Hall–Kier alpha value is -2.09. The highest BCUT2D eigenvalue weighted by atomic mass is 16.5. The van der Waals surface area contributed by atoms with Crippen molar-refractivity contribution in [3.8, 4) is 16.9 Å². The number of hydrogen-bond donors (Lipinski definition) is 0. The van der Waals surface area contributed by atoms with Crippen molar-refractivity contribution in [1.29, 1.82) is 0 Å². The van der Waals surface area contributed by atoms with Gasteiger partial charge >= 0.3 is 5.97 Å². The second-order valence-corrected chi connectivity index (χ2v) is 7.48. The molecule has 0 bridgehead atoms. The standard InChI is InChI=1S/C24H30O2/c1-3-5-18-6-8-19(9-7-18)20-10-12-21(13-11-20)22-14-16-23(17-15-22)26-24(25)4-2/h10-19H,3-9H2,1-2H3. The lowest BCUT2D eigenvalue weighted by atomic mass is 9.77. The van der Waals surface area contributed by atoms with Gasteiger partial charge in [-0.05, 0) is 66.3 Å². The number of carbonyl (C=O) groups is 1. The molecule has 1 saturated carbocycles. The monoisotopic (exact) mass is 350 g/mol. The average molecular weight is 351 g/mol. The minimum atomic E-state index is -0.198. The van der Waals surface area contributed by atoms with Gasteiger partial charge in [-0.15, -0.1) is 0 Å².